The minimum absolute atomic E-state index is 0.0240. The van der Waals surface area contributed by atoms with Crippen molar-refractivity contribution in [1.29, 1.82) is 0 Å². The van der Waals surface area contributed by atoms with Gasteiger partial charge < -0.3 is 9.88 Å². The van der Waals surface area contributed by atoms with Gasteiger partial charge in [0, 0.05) is 25.5 Å². The van der Waals surface area contributed by atoms with Gasteiger partial charge in [0.15, 0.2) is 5.13 Å². The highest BCUT2D eigenvalue weighted by atomic mass is 32.1. The summed E-state index contributed by atoms with van der Waals surface area (Å²) in [7, 11) is 0. The van der Waals surface area contributed by atoms with Crippen LogP contribution in [0.4, 0.5) is 5.13 Å². The minimum atomic E-state index is -0.215. The maximum absolute atomic E-state index is 12.5. The van der Waals surface area contributed by atoms with Crippen molar-refractivity contribution in [3.05, 3.63) is 42.5 Å². The third kappa shape index (κ3) is 2.73. The van der Waals surface area contributed by atoms with Gasteiger partial charge in [-0.2, -0.15) is 0 Å². The first-order valence-electron chi connectivity index (χ1n) is 7.61. The van der Waals surface area contributed by atoms with Crippen LogP contribution in [0, 0.1) is 0 Å². The number of nitrogens with zero attached hydrogens (tertiary/aromatic N) is 4. The largest absolute Gasteiger partial charge is 0.333 e. The van der Waals surface area contributed by atoms with E-state index in [0.29, 0.717) is 11.7 Å². The number of aromatic nitrogens is 3. The zero-order valence-electron chi connectivity index (χ0n) is 12.8. The number of thiazole rings is 1. The standard InChI is InChI=1S/C16H17N5OS/c1-11(21-9-8-20-7-6-17-14(20)10-21)15(22)19-16-18-12-4-2-3-5-13(12)23-16/h2-7,11H,8-10H2,1H3,(H,18,19,22)/t11-/m1/s1. The van der Waals surface area contributed by atoms with Gasteiger partial charge in [0.05, 0.1) is 22.8 Å². The van der Waals surface area contributed by atoms with Crippen LogP contribution in [0.1, 0.15) is 12.7 Å². The number of rotatable bonds is 3. The molecule has 3 aromatic rings. The van der Waals surface area contributed by atoms with Crippen LogP contribution in [0.2, 0.25) is 0 Å². The molecule has 0 saturated carbocycles. The summed E-state index contributed by atoms with van der Waals surface area (Å²) < 4.78 is 3.21. The SMILES string of the molecule is C[C@H](C(=O)Nc1nc2ccccc2s1)N1CCn2ccnc2C1. The Morgan fingerprint density at radius 3 is 3.09 bits per heavy atom. The summed E-state index contributed by atoms with van der Waals surface area (Å²) in [4.78, 5) is 23.5. The van der Waals surface area contributed by atoms with Gasteiger partial charge in [-0.3, -0.25) is 9.69 Å². The molecule has 6 nitrogen and oxygen atoms in total. The van der Waals surface area contributed by atoms with Crippen molar-refractivity contribution in [1.82, 2.24) is 19.4 Å². The van der Waals surface area contributed by atoms with Gasteiger partial charge in [0.25, 0.3) is 0 Å². The van der Waals surface area contributed by atoms with E-state index < -0.39 is 0 Å². The van der Waals surface area contributed by atoms with Crippen LogP contribution < -0.4 is 5.32 Å². The molecule has 0 spiro atoms. The fraction of sp³-hybridized carbons (Fsp3) is 0.312. The van der Waals surface area contributed by atoms with E-state index in [1.807, 2.05) is 43.6 Å². The molecule has 0 aliphatic carbocycles. The Hall–Kier alpha value is -2.25. The molecule has 0 bridgehead atoms. The average Bonchev–Trinajstić information content (AvgIpc) is 3.18. The van der Waals surface area contributed by atoms with E-state index in [0.717, 1.165) is 29.1 Å². The maximum atomic E-state index is 12.5. The zero-order chi connectivity index (χ0) is 15.8. The molecule has 1 aromatic carbocycles. The van der Waals surface area contributed by atoms with Gasteiger partial charge in [-0.25, -0.2) is 9.97 Å². The van der Waals surface area contributed by atoms with E-state index in [2.05, 4.69) is 24.8 Å². The van der Waals surface area contributed by atoms with Crippen LogP contribution in [0.25, 0.3) is 10.2 Å². The Balaban J connectivity index is 1.46. The number of benzene rings is 1. The molecule has 1 amide bonds. The predicted molar refractivity (Wildman–Crippen MR) is 90.3 cm³/mol. The number of anilines is 1. The number of carbonyl (C=O) groups is 1. The van der Waals surface area contributed by atoms with Crippen LogP contribution in [0.15, 0.2) is 36.7 Å². The van der Waals surface area contributed by atoms with Crippen LogP contribution in [0.5, 0.6) is 0 Å². The van der Waals surface area contributed by atoms with Crippen molar-refractivity contribution < 1.29 is 4.79 Å². The summed E-state index contributed by atoms with van der Waals surface area (Å²) in [6, 6.07) is 7.68. The topological polar surface area (TPSA) is 63.1 Å². The van der Waals surface area contributed by atoms with Crippen LogP contribution >= 0.6 is 11.3 Å². The normalized spacial score (nSPS) is 16.2. The first-order chi connectivity index (χ1) is 11.2. The molecular weight excluding hydrogens is 310 g/mol. The number of hydrogen-bond acceptors (Lipinski definition) is 5. The second kappa shape index (κ2) is 5.75. The Labute approximate surface area is 137 Å². The molecule has 7 heteroatoms. The maximum Gasteiger partial charge on any atom is 0.243 e. The van der Waals surface area contributed by atoms with E-state index in [9.17, 15) is 4.79 Å². The number of carbonyl (C=O) groups excluding carboxylic acids is 1. The molecule has 0 unspecified atom stereocenters. The highest BCUT2D eigenvalue weighted by molar-refractivity contribution is 7.22. The summed E-state index contributed by atoms with van der Waals surface area (Å²) in [5.74, 6) is 0.986. The molecule has 1 aliphatic rings. The molecule has 0 fully saturated rings. The molecule has 1 atom stereocenters. The molecular formula is C16H17N5OS. The first kappa shape index (κ1) is 14.3. The molecule has 0 radical (unpaired) electrons. The van der Waals surface area contributed by atoms with Crippen molar-refractivity contribution in [2.24, 2.45) is 0 Å². The number of imidazole rings is 1. The van der Waals surface area contributed by atoms with E-state index in [1.54, 1.807) is 0 Å². The Morgan fingerprint density at radius 1 is 1.35 bits per heavy atom. The highest BCUT2D eigenvalue weighted by Gasteiger charge is 2.26. The lowest BCUT2D eigenvalue weighted by atomic mass is 10.2. The zero-order valence-corrected chi connectivity index (χ0v) is 13.6. The van der Waals surface area contributed by atoms with Gasteiger partial charge in [0.1, 0.15) is 5.82 Å². The van der Waals surface area contributed by atoms with Crippen LogP contribution in [-0.4, -0.2) is 37.9 Å². The number of amides is 1. The molecule has 118 valence electrons. The van der Waals surface area contributed by atoms with Crippen molar-refractivity contribution in [2.75, 3.05) is 11.9 Å². The molecule has 1 aliphatic heterocycles. The third-order valence-electron chi connectivity index (χ3n) is 4.23. The lowest BCUT2D eigenvalue weighted by molar-refractivity contribution is -0.121. The summed E-state index contributed by atoms with van der Waals surface area (Å²) in [6.07, 6.45) is 3.79. The second-order valence-corrected chi connectivity index (χ2v) is 6.69. The van der Waals surface area contributed by atoms with Crippen LogP contribution in [0.3, 0.4) is 0 Å². The molecule has 23 heavy (non-hydrogen) atoms. The molecule has 4 rings (SSSR count). The monoisotopic (exact) mass is 327 g/mol. The molecule has 2 aromatic heterocycles. The van der Waals surface area contributed by atoms with E-state index in [-0.39, 0.29) is 11.9 Å². The Kier molecular flexibility index (Phi) is 3.59. The average molecular weight is 327 g/mol. The fourth-order valence-corrected chi connectivity index (χ4v) is 3.69. The fourth-order valence-electron chi connectivity index (χ4n) is 2.82. The lowest BCUT2D eigenvalue weighted by Crippen LogP contribution is -2.45. The Morgan fingerprint density at radius 2 is 2.22 bits per heavy atom. The third-order valence-corrected chi connectivity index (χ3v) is 5.18. The van der Waals surface area contributed by atoms with Gasteiger partial charge in [-0.1, -0.05) is 23.5 Å². The summed E-state index contributed by atoms with van der Waals surface area (Å²) >= 11 is 1.50. The number of para-hydroxylation sites is 1. The lowest BCUT2D eigenvalue weighted by Gasteiger charge is -2.31. The number of nitrogens with one attached hydrogen (secondary N) is 1. The van der Waals surface area contributed by atoms with Crippen molar-refractivity contribution in [3.8, 4) is 0 Å². The summed E-state index contributed by atoms with van der Waals surface area (Å²) in [5.41, 5.74) is 0.917. The molecule has 3 heterocycles. The second-order valence-electron chi connectivity index (χ2n) is 5.66. The quantitative estimate of drug-likeness (QED) is 0.802. The highest BCUT2D eigenvalue weighted by Crippen LogP contribution is 2.25. The van der Waals surface area contributed by atoms with Crippen molar-refractivity contribution >= 4 is 32.6 Å². The molecule has 1 N–H and O–H groups in total. The number of hydrogen-bond donors (Lipinski definition) is 1. The van der Waals surface area contributed by atoms with Gasteiger partial charge in [0.2, 0.25) is 5.91 Å². The van der Waals surface area contributed by atoms with Crippen molar-refractivity contribution in [2.45, 2.75) is 26.1 Å². The van der Waals surface area contributed by atoms with Gasteiger partial charge in [-0.15, -0.1) is 0 Å². The number of fused-ring (bicyclic) bond motifs is 2. The van der Waals surface area contributed by atoms with E-state index in [4.69, 9.17) is 0 Å². The summed E-state index contributed by atoms with van der Waals surface area (Å²) in [5, 5.41) is 3.60. The van der Waals surface area contributed by atoms with Gasteiger partial charge in [-0.05, 0) is 19.1 Å². The van der Waals surface area contributed by atoms with Crippen LogP contribution in [-0.2, 0) is 17.9 Å². The molecule has 0 saturated heterocycles. The van der Waals surface area contributed by atoms with E-state index >= 15 is 0 Å². The minimum Gasteiger partial charge on any atom is -0.333 e. The first-order valence-corrected chi connectivity index (χ1v) is 8.43. The predicted octanol–water partition coefficient (Wildman–Crippen LogP) is 2.34. The smallest absolute Gasteiger partial charge is 0.243 e. The van der Waals surface area contributed by atoms with Gasteiger partial charge >= 0.3 is 0 Å². The van der Waals surface area contributed by atoms with Crippen molar-refractivity contribution in [3.63, 3.8) is 0 Å². The Bertz CT molecular complexity index is 822. The summed E-state index contributed by atoms with van der Waals surface area (Å²) in [6.45, 7) is 4.34. The van der Waals surface area contributed by atoms with E-state index in [1.165, 1.54) is 11.3 Å².